The molecule has 0 fully saturated rings. The lowest BCUT2D eigenvalue weighted by Crippen LogP contribution is -2.12. The van der Waals surface area contributed by atoms with E-state index >= 15 is 0 Å². The van der Waals surface area contributed by atoms with Gasteiger partial charge in [0.1, 0.15) is 17.1 Å². The molecule has 0 amide bonds. The number of rotatable bonds is 7. The minimum Gasteiger partial charge on any atom is -0.492 e. The Morgan fingerprint density at radius 3 is 2.19 bits per heavy atom. The van der Waals surface area contributed by atoms with Crippen molar-refractivity contribution >= 4 is 11.9 Å². The summed E-state index contributed by atoms with van der Waals surface area (Å²) >= 11 is 0. The van der Waals surface area contributed by atoms with Crippen LogP contribution >= 0.6 is 0 Å². The Morgan fingerprint density at radius 1 is 0.815 bits per heavy atom. The van der Waals surface area contributed by atoms with Crippen LogP contribution in [0.5, 0.6) is 11.5 Å². The molecule has 0 aliphatic heterocycles. The maximum Gasteiger partial charge on any atom is 0.347 e. The second-order valence-electron chi connectivity index (χ2n) is 5.80. The third kappa shape index (κ3) is 4.95. The van der Waals surface area contributed by atoms with Crippen LogP contribution in [0.15, 0.2) is 78.9 Å². The van der Waals surface area contributed by atoms with Crippen LogP contribution in [0.1, 0.15) is 26.3 Å². The van der Waals surface area contributed by atoms with E-state index in [-0.39, 0.29) is 11.3 Å². The lowest BCUT2D eigenvalue weighted by Gasteiger charge is -2.11. The first-order valence-electron chi connectivity index (χ1n) is 8.45. The number of hydrogen-bond donors (Lipinski definition) is 1. The maximum atomic E-state index is 12.5. The maximum absolute atomic E-state index is 12.5. The number of carboxylic acid groups (broad SMARTS) is 1. The minimum atomic E-state index is -1.04. The molecule has 0 saturated carbocycles. The second-order valence-corrected chi connectivity index (χ2v) is 5.80. The van der Waals surface area contributed by atoms with E-state index in [4.69, 9.17) is 14.6 Å². The zero-order valence-electron chi connectivity index (χ0n) is 14.5. The lowest BCUT2D eigenvalue weighted by molar-refractivity contribution is 0.0696. The standard InChI is InChI=1S/C22H18O5/c23-21(24)17-10-12-18(13-11-17)27-22(25)19-8-4-5-9-20(19)26-15-14-16-6-2-1-3-7-16/h1-13H,14-15H2,(H,23,24). The number of carboxylic acids is 1. The molecule has 1 N–H and O–H groups in total. The summed E-state index contributed by atoms with van der Waals surface area (Å²) in [5.74, 6) is -0.886. The van der Waals surface area contributed by atoms with Gasteiger partial charge in [-0.2, -0.15) is 0 Å². The summed E-state index contributed by atoms with van der Waals surface area (Å²) in [5.41, 5.74) is 1.59. The Balaban J connectivity index is 1.65. The largest absolute Gasteiger partial charge is 0.492 e. The fourth-order valence-corrected chi connectivity index (χ4v) is 2.51. The van der Waals surface area contributed by atoms with E-state index in [9.17, 15) is 9.59 Å². The van der Waals surface area contributed by atoms with Crippen LogP contribution in [-0.2, 0) is 6.42 Å². The zero-order valence-corrected chi connectivity index (χ0v) is 14.5. The summed E-state index contributed by atoms with van der Waals surface area (Å²) < 4.78 is 11.1. The van der Waals surface area contributed by atoms with Gasteiger partial charge in [0.25, 0.3) is 0 Å². The van der Waals surface area contributed by atoms with Crippen LogP contribution in [0.4, 0.5) is 0 Å². The van der Waals surface area contributed by atoms with Gasteiger partial charge in [-0.3, -0.25) is 0 Å². The number of para-hydroxylation sites is 1. The summed E-state index contributed by atoms with van der Waals surface area (Å²) in [7, 11) is 0. The smallest absolute Gasteiger partial charge is 0.347 e. The summed E-state index contributed by atoms with van der Waals surface area (Å²) in [5, 5.41) is 8.91. The van der Waals surface area contributed by atoms with Gasteiger partial charge in [-0.05, 0) is 42.0 Å². The van der Waals surface area contributed by atoms with E-state index in [1.807, 2.05) is 30.3 Å². The first kappa shape index (κ1) is 18.2. The molecule has 0 saturated heterocycles. The lowest BCUT2D eigenvalue weighted by atomic mass is 10.1. The van der Waals surface area contributed by atoms with Crippen LogP contribution < -0.4 is 9.47 Å². The van der Waals surface area contributed by atoms with E-state index in [1.54, 1.807) is 24.3 Å². The topological polar surface area (TPSA) is 72.8 Å². The monoisotopic (exact) mass is 362 g/mol. The highest BCUT2D eigenvalue weighted by Gasteiger charge is 2.15. The first-order chi connectivity index (χ1) is 13.1. The molecular formula is C22H18O5. The molecule has 0 bridgehead atoms. The number of esters is 1. The van der Waals surface area contributed by atoms with Crippen molar-refractivity contribution in [2.45, 2.75) is 6.42 Å². The van der Waals surface area contributed by atoms with Crippen molar-refractivity contribution < 1.29 is 24.2 Å². The van der Waals surface area contributed by atoms with Crippen LogP contribution in [0.25, 0.3) is 0 Å². The third-order valence-corrected chi connectivity index (χ3v) is 3.91. The first-order valence-corrected chi connectivity index (χ1v) is 8.45. The Hall–Kier alpha value is -3.60. The highest BCUT2D eigenvalue weighted by Crippen LogP contribution is 2.21. The molecule has 0 unspecified atom stereocenters. The van der Waals surface area contributed by atoms with Gasteiger partial charge in [-0.15, -0.1) is 0 Å². The molecule has 0 atom stereocenters. The van der Waals surface area contributed by atoms with Gasteiger partial charge in [-0.25, -0.2) is 9.59 Å². The summed E-state index contributed by atoms with van der Waals surface area (Å²) in [6, 6.07) is 22.5. The van der Waals surface area contributed by atoms with Gasteiger partial charge >= 0.3 is 11.9 Å². The van der Waals surface area contributed by atoms with Crippen LogP contribution in [0.3, 0.4) is 0 Å². The second kappa shape index (κ2) is 8.67. The molecular weight excluding hydrogens is 344 g/mol. The molecule has 3 rings (SSSR count). The molecule has 0 aliphatic rings. The fraction of sp³-hybridized carbons (Fsp3) is 0.0909. The molecule has 5 nitrogen and oxygen atoms in total. The number of benzene rings is 3. The molecule has 0 spiro atoms. The Morgan fingerprint density at radius 2 is 1.48 bits per heavy atom. The average Bonchev–Trinajstić information content (AvgIpc) is 2.69. The molecule has 3 aromatic rings. The van der Waals surface area contributed by atoms with Gasteiger partial charge in [0.15, 0.2) is 0 Å². The molecule has 136 valence electrons. The highest BCUT2D eigenvalue weighted by molar-refractivity contribution is 5.94. The van der Waals surface area contributed by atoms with Gasteiger partial charge in [0.2, 0.25) is 0 Å². The van der Waals surface area contributed by atoms with Gasteiger partial charge in [0.05, 0.1) is 12.2 Å². The number of carbonyl (C=O) groups excluding carboxylic acids is 1. The normalized spacial score (nSPS) is 10.2. The molecule has 0 heterocycles. The van der Waals surface area contributed by atoms with Crippen molar-refractivity contribution in [3.05, 3.63) is 95.6 Å². The quantitative estimate of drug-likeness (QED) is 0.503. The van der Waals surface area contributed by atoms with E-state index in [0.717, 1.165) is 12.0 Å². The molecule has 5 heteroatoms. The van der Waals surface area contributed by atoms with E-state index in [1.165, 1.54) is 24.3 Å². The van der Waals surface area contributed by atoms with Gasteiger partial charge in [-0.1, -0.05) is 42.5 Å². The van der Waals surface area contributed by atoms with Gasteiger partial charge < -0.3 is 14.6 Å². The van der Waals surface area contributed by atoms with Crippen molar-refractivity contribution in [2.75, 3.05) is 6.61 Å². The number of carbonyl (C=O) groups is 2. The SMILES string of the molecule is O=C(O)c1ccc(OC(=O)c2ccccc2OCCc2ccccc2)cc1. The predicted octanol–water partition coefficient (Wildman–Crippen LogP) is 4.23. The van der Waals surface area contributed by atoms with Crippen molar-refractivity contribution in [3.63, 3.8) is 0 Å². The van der Waals surface area contributed by atoms with E-state index < -0.39 is 11.9 Å². The Kier molecular flexibility index (Phi) is 5.84. The molecule has 0 aromatic heterocycles. The third-order valence-electron chi connectivity index (χ3n) is 3.91. The number of ether oxygens (including phenoxy) is 2. The molecule has 0 aliphatic carbocycles. The minimum absolute atomic E-state index is 0.124. The van der Waals surface area contributed by atoms with E-state index in [0.29, 0.717) is 17.9 Å². The Labute approximate surface area is 156 Å². The van der Waals surface area contributed by atoms with Crippen LogP contribution in [0.2, 0.25) is 0 Å². The highest BCUT2D eigenvalue weighted by atomic mass is 16.5. The Bertz CT molecular complexity index is 917. The molecule has 0 radical (unpaired) electrons. The molecule has 27 heavy (non-hydrogen) atoms. The predicted molar refractivity (Wildman–Crippen MR) is 100 cm³/mol. The average molecular weight is 362 g/mol. The van der Waals surface area contributed by atoms with Crippen molar-refractivity contribution in [1.82, 2.24) is 0 Å². The summed E-state index contributed by atoms with van der Waals surface area (Å²) in [4.78, 5) is 23.3. The fourth-order valence-electron chi connectivity index (χ4n) is 2.51. The summed E-state index contributed by atoms with van der Waals surface area (Å²) in [6.45, 7) is 0.432. The zero-order chi connectivity index (χ0) is 19.1. The van der Waals surface area contributed by atoms with Crippen molar-refractivity contribution in [2.24, 2.45) is 0 Å². The van der Waals surface area contributed by atoms with Crippen molar-refractivity contribution in [3.8, 4) is 11.5 Å². The molecule has 3 aromatic carbocycles. The van der Waals surface area contributed by atoms with Crippen molar-refractivity contribution in [1.29, 1.82) is 0 Å². The van der Waals surface area contributed by atoms with E-state index in [2.05, 4.69) is 0 Å². The van der Waals surface area contributed by atoms with Gasteiger partial charge in [0, 0.05) is 6.42 Å². The number of hydrogen-bond acceptors (Lipinski definition) is 4. The summed E-state index contributed by atoms with van der Waals surface area (Å²) in [6.07, 6.45) is 0.723. The number of aromatic carboxylic acids is 1. The van der Waals surface area contributed by atoms with Crippen LogP contribution in [-0.4, -0.2) is 23.7 Å². The van der Waals surface area contributed by atoms with Crippen LogP contribution in [0, 0.1) is 0 Å².